The molecule has 2 fully saturated rings. The van der Waals surface area contributed by atoms with Crippen LogP contribution in [0.4, 0.5) is 0 Å². The van der Waals surface area contributed by atoms with Crippen LogP contribution in [0, 0.1) is 0 Å². The van der Waals surface area contributed by atoms with Gasteiger partial charge in [-0.05, 0) is 39.3 Å². The molecule has 1 aliphatic carbocycles. The van der Waals surface area contributed by atoms with Gasteiger partial charge in [0, 0.05) is 38.0 Å². The van der Waals surface area contributed by atoms with Crippen molar-refractivity contribution in [3.05, 3.63) is 29.2 Å². The quantitative estimate of drug-likeness (QED) is 0.822. The number of fused-ring (bicyclic) bond motifs is 1. The lowest BCUT2D eigenvalue weighted by Crippen LogP contribution is -2.35. The van der Waals surface area contributed by atoms with Crippen molar-refractivity contribution in [2.45, 2.75) is 57.0 Å². The molecule has 1 saturated carbocycles. The standard InChI is InChI=1S/C19H26N6O2/c1-23-8-3-2-4-15(23)18-21-20-17-7-9-24(10-11-25(17)18)19(26)14-12-16(27-22-14)13-5-6-13/h12-13,15H,2-11H2,1H3. The number of aromatic nitrogens is 4. The highest BCUT2D eigenvalue weighted by Gasteiger charge is 2.32. The summed E-state index contributed by atoms with van der Waals surface area (Å²) in [6.45, 7) is 3.13. The maximum absolute atomic E-state index is 12.9. The molecule has 4 heterocycles. The van der Waals surface area contributed by atoms with Crippen molar-refractivity contribution in [2.24, 2.45) is 0 Å². The van der Waals surface area contributed by atoms with Crippen LogP contribution in [0.2, 0.25) is 0 Å². The van der Waals surface area contributed by atoms with Gasteiger partial charge >= 0.3 is 0 Å². The maximum Gasteiger partial charge on any atom is 0.276 e. The van der Waals surface area contributed by atoms with E-state index in [0.717, 1.165) is 56.2 Å². The molecule has 0 aromatic carbocycles. The van der Waals surface area contributed by atoms with Gasteiger partial charge in [0.15, 0.2) is 5.69 Å². The Balaban J connectivity index is 1.31. The summed E-state index contributed by atoms with van der Waals surface area (Å²) in [6.07, 6.45) is 6.61. The number of piperidine rings is 1. The first-order chi connectivity index (χ1) is 13.2. The minimum Gasteiger partial charge on any atom is -0.360 e. The zero-order valence-corrected chi connectivity index (χ0v) is 15.8. The van der Waals surface area contributed by atoms with E-state index in [1.165, 1.54) is 12.8 Å². The van der Waals surface area contributed by atoms with Crippen molar-refractivity contribution < 1.29 is 9.32 Å². The molecule has 0 bridgehead atoms. The van der Waals surface area contributed by atoms with E-state index in [-0.39, 0.29) is 5.91 Å². The van der Waals surface area contributed by atoms with Gasteiger partial charge in [-0.1, -0.05) is 11.6 Å². The van der Waals surface area contributed by atoms with Crippen LogP contribution < -0.4 is 0 Å². The highest BCUT2D eigenvalue weighted by atomic mass is 16.5. The Morgan fingerprint density at radius 2 is 2.00 bits per heavy atom. The number of likely N-dealkylation sites (tertiary alicyclic amines) is 1. The van der Waals surface area contributed by atoms with Crippen molar-refractivity contribution in [3.63, 3.8) is 0 Å². The molecule has 0 spiro atoms. The molecule has 1 amide bonds. The van der Waals surface area contributed by atoms with Gasteiger partial charge < -0.3 is 14.0 Å². The predicted molar refractivity (Wildman–Crippen MR) is 97.3 cm³/mol. The van der Waals surface area contributed by atoms with Crippen LogP contribution in [0.5, 0.6) is 0 Å². The van der Waals surface area contributed by atoms with Crippen molar-refractivity contribution >= 4 is 5.91 Å². The number of carbonyl (C=O) groups is 1. The van der Waals surface area contributed by atoms with E-state index in [4.69, 9.17) is 4.52 Å². The van der Waals surface area contributed by atoms with Crippen LogP contribution in [-0.4, -0.2) is 62.3 Å². The second-order valence-corrected chi connectivity index (χ2v) is 8.05. The van der Waals surface area contributed by atoms with Crippen LogP contribution in [0.1, 0.15) is 72.0 Å². The van der Waals surface area contributed by atoms with Crippen LogP contribution in [-0.2, 0) is 13.0 Å². The summed E-state index contributed by atoms with van der Waals surface area (Å²) in [7, 11) is 2.17. The Hall–Kier alpha value is -2.22. The van der Waals surface area contributed by atoms with Crippen molar-refractivity contribution in [1.29, 1.82) is 0 Å². The monoisotopic (exact) mass is 370 g/mol. The SMILES string of the molecule is CN1CCCCC1c1nnc2n1CCN(C(=O)c1cc(C3CC3)on1)CC2. The molecular weight excluding hydrogens is 344 g/mol. The molecule has 5 rings (SSSR count). The lowest BCUT2D eigenvalue weighted by molar-refractivity contribution is 0.0747. The number of hydrogen-bond donors (Lipinski definition) is 0. The van der Waals surface area contributed by atoms with Crippen LogP contribution in [0.25, 0.3) is 0 Å². The largest absolute Gasteiger partial charge is 0.360 e. The van der Waals surface area contributed by atoms with E-state index in [0.29, 0.717) is 30.7 Å². The van der Waals surface area contributed by atoms with E-state index in [1.54, 1.807) is 0 Å². The van der Waals surface area contributed by atoms with Gasteiger partial charge in [0.1, 0.15) is 17.4 Å². The Morgan fingerprint density at radius 1 is 1.11 bits per heavy atom. The Morgan fingerprint density at radius 3 is 2.81 bits per heavy atom. The third-order valence-electron chi connectivity index (χ3n) is 6.14. The first kappa shape index (κ1) is 16.9. The molecule has 3 aliphatic rings. The number of amides is 1. The molecule has 1 unspecified atom stereocenters. The first-order valence-corrected chi connectivity index (χ1v) is 10.1. The zero-order chi connectivity index (χ0) is 18.4. The second-order valence-electron chi connectivity index (χ2n) is 8.05. The Bertz CT molecular complexity index is 839. The summed E-state index contributed by atoms with van der Waals surface area (Å²) >= 11 is 0. The average molecular weight is 370 g/mol. The number of carbonyl (C=O) groups excluding carboxylic acids is 1. The molecule has 144 valence electrons. The fourth-order valence-electron chi connectivity index (χ4n) is 4.31. The van der Waals surface area contributed by atoms with Crippen molar-refractivity contribution in [3.8, 4) is 0 Å². The molecule has 2 aromatic heterocycles. The molecule has 27 heavy (non-hydrogen) atoms. The van der Waals surface area contributed by atoms with Gasteiger partial charge in [0.05, 0.1) is 6.04 Å². The summed E-state index contributed by atoms with van der Waals surface area (Å²) < 4.78 is 7.59. The highest BCUT2D eigenvalue weighted by Crippen LogP contribution is 2.40. The Labute approximate surface area is 158 Å². The smallest absolute Gasteiger partial charge is 0.276 e. The third-order valence-corrected chi connectivity index (χ3v) is 6.14. The molecule has 1 atom stereocenters. The van der Waals surface area contributed by atoms with E-state index < -0.39 is 0 Å². The van der Waals surface area contributed by atoms with Gasteiger partial charge in [0.25, 0.3) is 5.91 Å². The van der Waals surface area contributed by atoms with Gasteiger partial charge in [-0.2, -0.15) is 0 Å². The molecule has 0 N–H and O–H groups in total. The normalized spacial score (nSPS) is 23.9. The molecule has 8 heteroatoms. The molecule has 2 aliphatic heterocycles. The fourth-order valence-corrected chi connectivity index (χ4v) is 4.31. The molecule has 0 radical (unpaired) electrons. The predicted octanol–water partition coefficient (Wildman–Crippen LogP) is 2.00. The summed E-state index contributed by atoms with van der Waals surface area (Å²) in [5.74, 6) is 3.32. The second kappa shape index (κ2) is 6.74. The van der Waals surface area contributed by atoms with E-state index in [9.17, 15) is 4.79 Å². The summed E-state index contributed by atoms with van der Waals surface area (Å²) in [5, 5.41) is 13.0. The number of nitrogens with zero attached hydrogens (tertiary/aromatic N) is 6. The molecule has 2 aromatic rings. The molecular formula is C19H26N6O2. The zero-order valence-electron chi connectivity index (χ0n) is 15.8. The van der Waals surface area contributed by atoms with Crippen LogP contribution >= 0.6 is 0 Å². The van der Waals surface area contributed by atoms with Gasteiger partial charge in [0.2, 0.25) is 0 Å². The number of hydrogen-bond acceptors (Lipinski definition) is 6. The average Bonchev–Trinajstić information content (AvgIpc) is 3.34. The van der Waals surface area contributed by atoms with E-state index in [2.05, 4.69) is 31.9 Å². The first-order valence-electron chi connectivity index (χ1n) is 10.1. The van der Waals surface area contributed by atoms with Gasteiger partial charge in [-0.25, -0.2) is 0 Å². The number of rotatable bonds is 3. The molecule has 1 saturated heterocycles. The lowest BCUT2D eigenvalue weighted by atomic mass is 10.0. The summed E-state index contributed by atoms with van der Waals surface area (Å²) in [6, 6.07) is 2.16. The molecule has 8 nitrogen and oxygen atoms in total. The van der Waals surface area contributed by atoms with E-state index in [1.807, 2.05) is 11.0 Å². The van der Waals surface area contributed by atoms with Gasteiger partial charge in [-0.3, -0.25) is 9.69 Å². The lowest BCUT2D eigenvalue weighted by Gasteiger charge is -2.31. The maximum atomic E-state index is 12.9. The summed E-state index contributed by atoms with van der Waals surface area (Å²) in [5.41, 5.74) is 0.432. The van der Waals surface area contributed by atoms with E-state index >= 15 is 0 Å². The minimum atomic E-state index is -0.0410. The van der Waals surface area contributed by atoms with Crippen LogP contribution in [0.3, 0.4) is 0 Å². The Kier molecular flexibility index (Phi) is 4.22. The third kappa shape index (κ3) is 3.16. The summed E-state index contributed by atoms with van der Waals surface area (Å²) in [4.78, 5) is 17.1. The van der Waals surface area contributed by atoms with Crippen molar-refractivity contribution in [2.75, 3.05) is 26.7 Å². The topological polar surface area (TPSA) is 80.3 Å². The van der Waals surface area contributed by atoms with Crippen LogP contribution in [0.15, 0.2) is 10.6 Å². The van der Waals surface area contributed by atoms with Gasteiger partial charge in [-0.15, -0.1) is 10.2 Å². The van der Waals surface area contributed by atoms with Crippen molar-refractivity contribution in [1.82, 2.24) is 29.7 Å². The highest BCUT2D eigenvalue weighted by molar-refractivity contribution is 5.92. The minimum absolute atomic E-state index is 0.0410. The fraction of sp³-hybridized carbons (Fsp3) is 0.684.